The van der Waals surface area contributed by atoms with E-state index in [1.807, 2.05) is 6.92 Å². The fourth-order valence-electron chi connectivity index (χ4n) is 2.85. The third-order valence-corrected chi connectivity index (χ3v) is 4.44. The topological polar surface area (TPSA) is 62.2 Å². The number of aromatic carboxylic acids is 1. The minimum Gasteiger partial charge on any atom is -0.478 e. The van der Waals surface area contributed by atoms with E-state index in [2.05, 4.69) is 24.1 Å². The van der Waals surface area contributed by atoms with E-state index in [0.29, 0.717) is 23.3 Å². The Bertz CT molecular complexity index is 487. The van der Waals surface area contributed by atoms with Crippen LogP contribution >= 0.6 is 0 Å². The molecule has 1 heterocycles. The Kier molecular flexibility index (Phi) is 4.63. The highest BCUT2D eigenvalue weighted by Crippen LogP contribution is 2.30. The second kappa shape index (κ2) is 6.25. The Morgan fingerprint density at radius 2 is 2.10 bits per heavy atom. The van der Waals surface area contributed by atoms with Gasteiger partial charge in [-0.3, -0.25) is 0 Å². The number of rotatable bonds is 4. The van der Waals surface area contributed by atoms with E-state index in [1.54, 1.807) is 12.1 Å². The van der Waals surface area contributed by atoms with Crippen molar-refractivity contribution in [2.75, 3.05) is 5.32 Å². The number of aromatic nitrogens is 1. The van der Waals surface area contributed by atoms with E-state index >= 15 is 0 Å². The Balaban J connectivity index is 2.12. The molecular weight excluding hydrogens is 252 g/mol. The van der Waals surface area contributed by atoms with Crippen molar-refractivity contribution in [2.24, 2.45) is 11.8 Å². The number of carboxylic acids is 1. The van der Waals surface area contributed by atoms with Crippen LogP contribution in [0.15, 0.2) is 12.1 Å². The van der Waals surface area contributed by atoms with E-state index in [1.165, 1.54) is 6.42 Å². The van der Waals surface area contributed by atoms with Gasteiger partial charge in [-0.15, -0.1) is 0 Å². The molecular formula is C16H24N2O2. The number of anilines is 1. The van der Waals surface area contributed by atoms with E-state index in [-0.39, 0.29) is 0 Å². The van der Waals surface area contributed by atoms with Gasteiger partial charge in [0, 0.05) is 11.7 Å². The molecule has 2 rings (SSSR count). The SMILES string of the molecule is CCc1cc(C(=O)O)cc(NC2CCC(C)C(C)C2)n1. The van der Waals surface area contributed by atoms with Crippen LogP contribution in [0.2, 0.25) is 0 Å². The van der Waals surface area contributed by atoms with Crippen molar-refractivity contribution < 1.29 is 9.90 Å². The number of hydrogen-bond donors (Lipinski definition) is 2. The average molecular weight is 276 g/mol. The summed E-state index contributed by atoms with van der Waals surface area (Å²) in [5.74, 6) is 1.29. The average Bonchev–Trinajstić information content (AvgIpc) is 2.42. The highest BCUT2D eigenvalue weighted by atomic mass is 16.4. The Morgan fingerprint density at radius 1 is 1.35 bits per heavy atom. The summed E-state index contributed by atoms with van der Waals surface area (Å²) in [5, 5.41) is 12.6. The zero-order valence-corrected chi connectivity index (χ0v) is 12.5. The van der Waals surface area contributed by atoms with Gasteiger partial charge < -0.3 is 10.4 Å². The van der Waals surface area contributed by atoms with Crippen molar-refractivity contribution in [1.82, 2.24) is 4.98 Å². The molecule has 1 aromatic rings. The second-order valence-corrected chi connectivity index (χ2v) is 6.00. The molecule has 1 aliphatic carbocycles. The molecule has 3 atom stereocenters. The smallest absolute Gasteiger partial charge is 0.335 e. The zero-order valence-electron chi connectivity index (χ0n) is 12.5. The molecule has 2 N–H and O–H groups in total. The third-order valence-electron chi connectivity index (χ3n) is 4.44. The van der Waals surface area contributed by atoms with Crippen LogP contribution in [0, 0.1) is 11.8 Å². The summed E-state index contributed by atoms with van der Waals surface area (Å²) < 4.78 is 0. The summed E-state index contributed by atoms with van der Waals surface area (Å²) >= 11 is 0. The van der Waals surface area contributed by atoms with Crippen molar-refractivity contribution in [3.05, 3.63) is 23.4 Å². The standard InChI is InChI=1S/C16H24N2O2/c1-4-13-8-12(16(19)20)9-15(17-13)18-14-6-5-10(2)11(3)7-14/h8-11,14H,4-7H2,1-3H3,(H,17,18)(H,19,20). The maximum Gasteiger partial charge on any atom is 0.335 e. The van der Waals surface area contributed by atoms with E-state index in [4.69, 9.17) is 5.11 Å². The van der Waals surface area contributed by atoms with Gasteiger partial charge in [-0.2, -0.15) is 0 Å². The molecule has 1 aromatic heterocycles. The van der Waals surface area contributed by atoms with Crippen molar-refractivity contribution >= 4 is 11.8 Å². The molecule has 1 fully saturated rings. The first-order valence-corrected chi connectivity index (χ1v) is 7.50. The molecule has 4 nitrogen and oxygen atoms in total. The molecule has 0 spiro atoms. The summed E-state index contributed by atoms with van der Waals surface area (Å²) in [6, 6.07) is 3.70. The third kappa shape index (κ3) is 3.50. The van der Waals surface area contributed by atoms with Crippen LogP contribution < -0.4 is 5.32 Å². The number of carbonyl (C=O) groups is 1. The molecule has 0 radical (unpaired) electrons. The molecule has 0 aliphatic heterocycles. The molecule has 1 saturated carbocycles. The van der Waals surface area contributed by atoms with Crippen LogP contribution in [0.25, 0.3) is 0 Å². The Morgan fingerprint density at radius 3 is 2.70 bits per heavy atom. The lowest BCUT2D eigenvalue weighted by Gasteiger charge is -2.32. The fourth-order valence-corrected chi connectivity index (χ4v) is 2.85. The first kappa shape index (κ1) is 14.8. The van der Waals surface area contributed by atoms with E-state index in [0.717, 1.165) is 30.9 Å². The van der Waals surface area contributed by atoms with Crippen LogP contribution in [0.3, 0.4) is 0 Å². The van der Waals surface area contributed by atoms with Crippen LogP contribution in [0.5, 0.6) is 0 Å². The largest absolute Gasteiger partial charge is 0.478 e. The van der Waals surface area contributed by atoms with Crippen LogP contribution in [-0.4, -0.2) is 22.1 Å². The summed E-state index contributed by atoms with van der Waals surface area (Å²) in [5.41, 5.74) is 1.14. The molecule has 0 saturated heterocycles. The van der Waals surface area contributed by atoms with Crippen molar-refractivity contribution in [3.8, 4) is 0 Å². The predicted octanol–water partition coefficient (Wildman–Crippen LogP) is 3.58. The lowest BCUT2D eigenvalue weighted by Crippen LogP contribution is -2.30. The van der Waals surface area contributed by atoms with Crippen LogP contribution in [0.4, 0.5) is 5.82 Å². The lowest BCUT2D eigenvalue weighted by atomic mass is 9.79. The zero-order chi connectivity index (χ0) is 14.7. The van der Waals surface area contributed by atoms with Crippen molar-refractivity contribution in [2.45, 2.75) is 52.5 Å². The number of hydrogen-bond acceptors (Lipinski definition) is 3. The number of aryl methyl sites for hydroxylation is 1. The van der Waals surface area contributed by atoms with Gasteiger partial charge in [0.25, 0.3) is 0 Å². The summed E-state index contributed by atoms with van der Waals surface area (Å²) in [6.07, 6.45) is 4.22. The van der Waals surface area contributed by atoms with Gasteiger partial charge in [0.05, 0.1) is 5.56 Å². The molecule has 4 heteroatoms. The van der Waals surface area contributed by atoms with Crippen molar-refractivity contribution in [1.29, 1.82) is 0 Å². The number of pyridine rings is 1. The first-order chi connectivity index (χ1) is 9.49. The fraction of sp³-hybridized carbons (Fsp3) is 0.625. The molecule has 0 bridgehead atoms. The highest BCUT2D eigenvalue weighted by molar-refractivity contribution is 5.88. The maximum absolute atomic E-state index is 11.2. The normalized spacial score (nSPS) is 26.2. The van der Waals surface area contributed by atoms with Gasteiger partial charge in [0.15, 0.2) is 0 Å². The quantitative estimate of drug-likeness (QED) is 0.882. The monoisotopic (exact) mass is 276 g/mol. The van der Waals surface area contributed by atoms with Gasteiger partial charge in [0.1, 0.15) is 5.82 Å². The maximum atomic E-state index is 11.2. The van der Waals surface area contributed by atoms with E-state index < -0.39 is 5.97 Å². The number of nitrogens with zero attached hydrogens (tertiary/aromatic N) is 1. The van der Waals surface area contributed by atoms with Gasteiger partial charge in [-0.25, -0.2) is 9.78 Å². The molecule has 20 heavy (non-hydrogen) atoms. The number of nitrogens with one attached hydrogen (secondary N) is 1. The Labute approximate surface area is 120 Å². The predicted molar refractivity (Wildman–Crippen MR) is 80.2 cm³/mol. The van der Waals surface area contributed by atoms with Gasteiger partial charge in [0.2, 0.25) is 0 Å². The molecule has 1 aliphatic rings. The van der Waals surface area contributed by atoms with Gasteiger partial charge in [-0.05, 0) is 49.7 Å². The second-order valence-electron chi connectivity index (χ2n) is 6.00. The van der Waals surface area contributed by atoms with Gasteiger partial charge >= 0.3 is 5.97 Å². The first-order valence-electron chi connectivity index (χ1n) is 7.50. The summed E-state index contributed by atoms with van der Waals surface area (Å²) in [7, 11) is 0. The summed E-state index contributed by atoms with van der Waals surface area (Å²) in [4.78, 5) is 15.7. The lowest BCUT2D eigenvalue weighted by molar-refractivity contribution is 0.0696. The minimum atomic E-state index is -0.893. The van der Waals surface area contributed by atoms with Gasteiger partial charge in [-0.1, -0.05) is 20.8 Å². The summed E-state index contributed by atoms with van der Waals surface area (Å²) in [6.45, 7) is 6.58. The minimum absolute atomic E-state index is 0.316. The highest BCUT2D eigenvalue weighted by Gasteiger charge is 2.24. The molecule has 110 valence electrons. The van der Waals surface area contributed by atoms with Crippen LogP contribution in [-0.2, 0) is 6.42 Å². The molecule has 0 amide bonds. The van der Waals surface area contributed by atoms with Crippen molar-refractivity contribution in [3.63, 3.8) is 0 Å². The molecule has 0 aromatic carbocycles. The molecule has 3 unspecified atom stereocenters. The Hall–Kier alpha value is -1.58. The van der Waals surface area contributed by atoms with E-state index in [9.17, 15) is 4.79 Å². The number of carboxylic acid groups (broad SMARTS) is 1. The van der Waals surface area contributed by atoms with Crippen LogP contribution in [0.1, 0.15) is 56.1 Å².